The number of benzene rings is 3. The summed E-state index contributed by atoms with van der Waals surface area (Å²) in [5, 5.41) is 22.9. The Bertz CT molecular complexity index is 1430. The third-order valence-electron chi connectivity index (χ3n) is 4.70. The number of rotatable bonds is 6. The Balaban J connectivity index is 1.54. The Morgan fingerprint density at radius 1 is 0.971 bits per heavy atom. The lowest BCUT2D eigenvalue weighted by Gasteiger charge is -2.16. The number of anilines is 1. The van der Waals surface area contributed by atoms with E-state index < -0.39 is 21.2 Å². The van der Waals surface area contributed by atoms with Gasteiger partial charge in [-0.1, -0.05) is 59.3 Å². The number of hydrogen-bond acceptors (Lipinski definition) is 8. The van der Waals surface area contributed by atoms with Gasteiger partial charge in [-0.3, -0.25) is 29.9 Å². The van der Waals surface area contributed by atoms with Crippen LogP contribution in [0.5, 0.6) is 11.5 Å². The molecule has 1 amide bonds. The molecule has 0 atom stereocenters. The van der Waals surface area contributed by atoms with Gasteiger partial charge in [-0.05, 0) is 48.0 Å². The van der Waals surface area contributed by atoms with E-state index in [1.54, 1.807) is 42.5 Å². The van der Waals surface area contributed by atoms with Crippen molar-refractivity contribution in [1.82, 2.24) is 0 Å². The number of halogens is 2. The standard InChI is InChI=1S/C22H11Cl2N3O6S2/c23-13-3-7-17(16(24)10-13)25-21(28)20(35-22(25)34)9-12-1-5-15(6-2-12)33-19-8-4-14(26(29)30)11-18(19)27(31)32/h1-11H/b20-9-. The molecule has 1 fully saturated rings. The normalized spacial score (nSPS) is 14.5. The second-order valence-electron chi connectivity index (χ2n) is 6.95. The summed E-state index contributed by atoms with van der Waals surface area (Å²) in [7, 11) is 0. The number of carbonyl (C=O) groups excluding carboxylic acids is 1. The molecule has 9 nitrogen and oxygen atoms in total. The SMILES string of the molecule is O=C1/C(=C/c2ccc(Oc3ccc([N+](=O)[O-])cc3[N+](=O)[O-])cc2)SC(=S)N1c1ccc(Cl)cc1Cl. The summed E-state index contributed by atoms with van der Waals surface area (Å²) in [6, 6.07) is 14.3. The fraction of sp³-hybridized carbons (Fsp3) is 0. The lowest BCUT2D eigenvalue weighted by Crippen LogP contribution is -2.27. The van der Waals surface area contributed by atoms with Gasteiger partial charge < -0.3 is 4.74 Å². The van der Waals surface area contributed by atoms with Crippen molar-refractivity contribution in [1.29, 1.82) is 0 Å². The first kappa shape index (κ1) is 24.6. The topological polar surface area (TPSA) is 116 Å². The third-order valence-corrected chi connectivity index (χ3v) is 6.54. The monoisotopic (exact) mass is 547 g/mol. The molecule has 1 aliphatic heterocycles. The highest BCUT2D eigenvalue weighted by Gasteiger charge is 2.34. The summed E-state index contributed by atoms with van der Waals surface area (Å²) in [4.78, 5) is 35.4. The van der Waals surface area contributed by atoms with Crippen molar-refractivity contribution in [2.24, 2.45) is 0 Å². The van der Waals surface area contributed by atoms with Crippen molar-refractivity contribution in [2.45, 2.75) is 0 Å². The van der Waals surface area contributed by atoms with E-state index in [4.69, 9.17) is 40.2 Å². The molecular weight excluding hydrogens is 537 g/mol. The van der Waals surface area contributed by atoms with Crippen LogP contribution in [0.1, 0.15) is 5.56 Å². The minimum Gasteiger partial charge on any atom is -0.450 e. The average molecular weight is 548 g/mol. The number of thiocarbonyl (C=S) groups is 1. The Kier molecular flexibility index (Phi) is 7.03. The number of thioether (sulfide) groups is 1. The highest BCUT2D eigenvalue weighted by Crippen LogP contribution is 2.40. The van der Waals surface area contributed by atoms with Crippen LogP contribution in [0.4, 0.5) is 17.1 Å². The van der Waals surface area contributed by atoms with Gasteiger partial charge in [-0.15, -0.1) is 0 Å². The first-order valence-corrected chi connectivity index (χ1v) is 11.6. The number of nitro groups is 2. The molecule has 1 saturated heterocycles. The van der Waals surface area contributed by atoms with E-state index >= 15 is 0 Å². The first-order chi connectivity index (χ1) is 16.6. The molecule has 35 heavy (non-hydrogen) atoms. The van der Waals surface area contributed by atoms with Crippen molar-refractivity contribution in [3.05, 3.63) is 101 Å². The van der Waals surface area contributed by atoms with E-state index in [2.05, 4.69) is 0 Å². The fourth-order valence-corrected chi connectivity index (χ4v) is 4.87. The fourth-order valence-electron chi connectivity index (χ4n) is 3.10. The van der Waals surface area contributed by atoms with Crippen LogP contribution < -0.4 is 9.64 Å². The van der Waals surface area contributed by atoms with Crippen LogP contribution in [0.15, 0.2) is 65.6 Å². The van der Waals surface area contributed by atoms with E-state index in [1.807, 2.05) is 0 Å². The Labute approximate surface area is 217 Å². The van der Waals surface area contributed by atoms with Gasteiger partial charge in [0.25, 0.3) is 11.6 Å². The van der Waals surface area contributed by atoms with Crippen LogP contribution in [0.25, 0.3) is 6.08 Å². The lowest BCUT2D eigenvalue weighted by atomic mass is 10.2. The van der Waals surface area contributed by atoms with Gasteiger partial charge in [0.05, 0.1) is 31.5 Å². The molecule has 0 aromatic heterocycles. The van der Waals surface area contributed by atoms with Crippen molar-refractivity contribution >= 4 is 80.5 Å². The minimum absolute atomic E-state index is 0.144. The molecule has 3 aromatic carbocycles. The summed E-state index contributed by atoms with van der Waals surface area (Å²) < 4.78 is 5.87. The van der Waals surface area contributed by atoms with Crippen molar-refractivity contribution in [3.8, 4) is 11.5 Å². The smallest absolute Gasteiger partial charge is 0.318 e. The Hall–Kier alpha value is -3.51. The molecule has 0 radical (unpaired) electrons. The molecule has 0 spiro atoms. The highest BCUT2D eigenvalue weighted by molar-refractivity contribution is 8.27. The number of non-ortho nitro benzene ring substituents is 1. The molecule has 3 aromatic rings. The van der Waals surface area contributed by atoms with Crippen LogP contribution in [0, 0.1) is 20.2 Å². The second kappa shape index (κ2) is 10.0. The molecular formula is C22H11Cl2N3O6S2. The molecule has 1 aliphatic rings. The number of amides is 1. The number of carbonyl (C=O) groups is 1. The summed E-state index contributed by atoms with van der Waals surface area (Å²) >= 11 is 18.6. The van der Waals surface area contributed by atoms with Gasteiger partial charge in [0.15, 0.2) is 4.32 Å². The van der Waals surface area contributed by atoms with E-state index in [-0.39, 0.29) is 22.4 Å². The van der Waals surface area contributed by atoms with Crippen molar-refractivity contribution in [3.63, 3.8) is 0 Å². The predicted molar refractivity (Wildman–Crippen MR) is 138 cm³/mol. The largest absolute Gasteiger partial charge is 0.450 e. The summed E-state index contributed by atoms with van der Waals surface area (Å²) in [5.41, 5.74) is 0.123. The lowest BCUT2D eigenvalue weighted by molar-refractivity contribution is -0.394. The molecule has 4 rings (SSSR count). The maximum Gasteiger partial charge on any atom is 0.318 e. The van der Waals surface area contributed by atoms with Gasteiger partial charge in [0.2, 0.25) is 5.75 Å². The van der Waals surface area contributed by atoms with E-state index in [0.29, 0.717) is 25.5 Å². The zero-order valence-corrected chi connectivity index (χ0v) is 20.4. The maximum atomic E-state index is 13.0. The maximum absolute atomic E-state index is 13.0. The number of nitrogens with zero attached hydrogens (tertiary/aromatic N) is 3. The van der Waals surface area contributed by atoms with E-state index in [1.165, 1.54) is 11.0 Å². The van der Waals surface area contributed by atoms with Crippen LogP contribution >= 0.6 is 47.2 Å². The second-order valence-corrected chi connectivity index (χ2v) is 9.47. The number of ether oxygens (including phenoxy) is 1. The van der Waals surface area contributed by atoms with Crippen LogP contribution in [0.2, 0.25) is 10.0 Å². The van der Waals surface area contributed by atoms with Crippen LogP contribution in [-0.2, 0) is 4.79 Å². The van der Waals surface area contributed by atoms with Gasteiger partial charge >= 0.3 is 5.69 Å². The number of nitro benzene ring substituents is 2. The number of hydrogen-bond donors (Lipinski definition) is 0. The molecule has 0 saturated carbocycles. The van der Waals surface area contributed by atoms with Gasteiger partial charge in [-0.2, -0.15) is 0 Å². The predicted octanol–water partition coefficient (Wildman–Crippen LogP) is 7.01. The highest BCUT2D eigenvalue weighted by atomic mass is 35.5. The van der Waals surface area contributed by atoms with Crippen LogP contribution in [0.3, 0.4) is 0 Å². The van der Waals surface area contributed by atoms with Gasteiger partial charge in [0.1, 0.15) is 5.75 Å². The molecule has 13 heteroatoms. The molecule has 0 N–H and O–H groups in total. The summed E-state index contributed by atoms with van der Waals surface area (Å²) in [6.07, 6.45) is 1.64. The Morgan fingerprint density at radius 2 is 1.69 bits per heavy atom. The molecule has 0 unspecified atom stereocenters. The Morgan fingerprint density at radius 3 is 2.31 bits per heavy atom. The van der Waals surface area contributed by atoms with E-state index in [9.17, 15) is 25.0 Å². The third kappa shape index (κ3) is 5.28. The van der Waals surface area contributed by atoms with E-state index in [0.717, 1.165) is 30.0 Å². The molecule has 0 aliphatic carbocycles. The quantitative estimate of drug-likeness (QED) is 0.140. The zero-order chi connectivity index (χ0) is 25.3. The zero-order valence-electron chi connectivity index (χ0n) is 17.2. The van der Waals surface area contributed by atoms with Crippen LogP contribution in [-0.4, -0.2) is 20.1 Å². The first-order valence-electron chi connectivity index (χ1n) is 9.58. The summed E-state index contributed by atoms with van der Waals surface area (Å²) in [6.45, 7) is 0. The van der Waals surface area contributed by atoms with Gasteiger partial charge in [0, 0.05) is 11.1 Å². The molecule has 0 bridgehead atoms. The van der Waals surface area contributed by atoms with Crippen molar-refractivity contribution in [2.75, 3.05) is 4.90 Å². The average Bonchev–Trinajstić information content (AvgIpc) is 3.08. The molecule has 1 heterocycles. The van der Waals surface area contributed by atoms with Gasteiger partial charge in [-0.25, -0.2) is 0 Å². The van der Waals surface area contributed by atoms with Crippen molar-refractivity contribution < 1.29 is 19.4 Å². The minimum atomic E-state index is -0.758. The molecule has 176 valence electrons. The summed E-state index contributed by atoms with van der Waals surface area (Å²) in [5.74, 6) is -0.222.